The fourth-order valence-corrected chi connectivity index (χ4v) is 2.08. The molecule has 0 radical (unpaired) electrons. The third-order valence-electron chi connectivity index (χ3n) is 3.49. The minimum Gasteiger partial charge on any atom is -0.303 e. The van der Waals surface area contributed by atoms with Gasteiger partial charge in [0.15, 0.2) is 0 Å². The number of likely N-dealkylation sites (N-methyl/N-ethyl adjacent to an activating group) is 1. The summed E-state index contributed by atoms with van der Waals surface area (Å²) in [4.78, 5) is 2.44. The van der Waals surface area contributed by atoms with E-state index in [1.165, 1.54) is 62.6 Å². The van der Waals surface area contributed by atoms with E-state index in [2.05, 4.69) is 65.0 Å². The molecule has 1 heteroatoms. The van der Waals surface area contributed by atoms with Crippen molar-refractivity contribution in [2.24, 2.45) is 0 Å². The predicted octanol–water partition coefficient (Wildman–Crippen LogP) is 6.38. The van der Waals surface area contributed by atoms with Gasteiger partial charge in [0.1, 0.15) is 0 Å². The van der Waals surface area contributed by atoms with Crippen molar-refractivity contribution >= 4 is 0 Å². The van der Waals surface area contributed by atoms with Crippen LogP contribution in [0.2, 0.25) is 0 Å². The maximum absolute atomic E-state index is 3.00. The summed E-state index contributed by atoms with van der Waals surface area (Å²) in [7, 11) is 2.24. The lowest BCUT2D eigenvalue weighted by atomic mass is 10.1. The Balaban J connectivity index is 0. The molecule has 0 aliphatic heterocycles. The Morgan fingerprint density at radius 1 is 0.952 bits per heavy atom. The Morgan fingerprint density at radius 2 is 1.57 bits per heavy atom. The van der Waals surface area contributed by atoms with E-state index in [4.69, 9.17) is 0 Å². The van der Waals surface area contributed by atoms with Crippen LogP contribution in [0.3, 0.4) is 0 Å². The van der Waals surface area contributed by atoms with Crippen LogP contribution in [-0.4, -0.2) is 25.0 Å². The van der Waals surface area contributed by atoms with Gasteiger partial charge in [-0.05, 0) is 53.6 Å². The van der Waals surface area contributed by atoms with E-state index in [1.54, 1.807) is 0 Å². The number of hydrogen-bond donors (Lipinski definition) is 0. The van der Waals surface area contributed by atoms with Gasteiger partial charge in [0.05, 0.1) is 0 Å². The van der Waals surface area contributed by atoms with E-state index in [0.29, 0.717) is 0 Å². The average molecular weight is 294 g/mol. The van der Waals surface area contributed by atoms with E-state index in [-0.39, 0.29) is 0 Å². The minimum absolute atomic E-state index is 1.11. The van der Waals surface area contributed by atoms with Gasteiger partial charge in [-0.1, -0.05) is 55.9 Å². The van der Waals surface area contributed by atoms with Gasteiger partial charge < -0.3 is 4.90 Å². The van der Waals surface area contributed by atoms with Crippen LogP contribution in [0.15, 0.2) is 36.5 Å². The first-order chi connectivity index (χ1) is 10.1. The van der Waals surface area contributed by atoms with Crippen LogP contribution < -0.4 is 0 Å². The van der Waals surface area contributed by atoms with Crippen LogP contribution in [0.4, 0.5) is 0 Å². The van der Waals surface area contributed by atoms with Gasteiger partial charge in [-0.3, -0.25) is 0 Å². The van der Waals surface area contributed by atoms with Crippen molar-refractivity contribution in [3.05, 3.63) is 36.5 Å². The van der Waals surface area contributed by atoms with Crippen molar-refractivity contribution in [3.8, 4) is 0 Å². The molecular weight excluding hydrogens is 254 g/mol. The van der Waals surface area contributed by atoms with E-state index in [9.17, 15) is 0 Å². The Morgan fingerprint density at radius 3 is 2.14 bits per heavy atom. The Labute approximate surface area is 134 Å². The normalized spacial score (nSPS) is 11.0. The molecule has 124 valence electrons. The third-order valence-corrected chi connectivity index (χ3v) is 3.49. The number of hydrogen-bond acceptors (Lipinski definition) is 1. The summed E-state index contributed by atoms with van der Waals surface area (Å²) in [6.07, 6.45) is 14.0. The molecule has 0 saturated heterocycles. The summed E-state index contributed by atoms with van der Waals surface area (Å²) >= 11 is 0. The molecule has 0 N–H and O–H groups in total. The highest BCUT2D eigenvalue weighted by Gasteiger charge is 1.97. The topological polar surface area (TPSA) is 3.24 Å². The largest absolute Gasteiger partial charge is 0.303 e. The Bertz CT molecular complexity index is 272. The Kier molecular flexibility index (Phi) is 18.4. The SMILES string of the molecule is C=C.CCCCCCCN(C)C/C=C(\C)CCC=C(C)C. The molecule has 0 amide bonds. The van der Waals surface area contributed by atoms with Gasteiger partial charge in [0.2, 0.25) is 0 Å². The maximum atomic E-state index is 3.00. The lowest BCUT2D eigenvalue weighted by Gasteiger charge is -2.14. The molecule has 0 atom stereocenters. The fraction of sp³-hybridized carbons (Fsp3) is 0.700. The van der Waals surface area contributed by atoms with E-state index >= 15 is 0 Å². The molecule has 0 bridgehead atoms. The molecule has 0 unspecified atom stereocenters. The van der Waals surface area contributed by atoms with Gasteiger partial charge in [0.25, 0.3) is 0 Å². The molecule has 21 heavy (non-hydrogen) atoms. The van der Waals surface area contributed by atoms with Crippen LogP contribution in [0.25, 0.3) is 0 Å². The third kappa shape index (κ3) is 19.2. The maximum Gasteiger partial charge on any atom is 0.0162 e. The van der Waals surface area contributed by atoms with Gasteiger partial charge >= 0.3 is 0 Å². The number of unbranched alkanes of at least 4 members (excludes halogenated alkanes) is 4. The van der Waals surface area contributed by atoms with Crippen molar-refractivity contribution in [2.45, 2.75) is 72.6 Å². The van der Waals surface area contributed by atoms with E-state index in [1.807, 2.05) is 0 Å². The van der Waals surface area contributed by atoms with Crippen molar-refractivity contribution in [1.82, 2.24) is 4.90 Å². The van der Waals surface area contributed by atoms with Crippen LogP contribution in [-0.2, 0) is 0 Å². The van der Waals surface area contributed by atoms with E-state index in [0.717, 1.165) is 6.54 Å². The molecule has 0 aromatic heterocycles. The first-order valence-corrected chi connectivity index (χ1v) is 8.53. The molecule has 0 aliphatic rings. The summed E-state index contributed by atoms with van der Waals surface area (Å²) in [6.45, 7) is 17.2. The van der Waals surface area contributed by atoms with Crippen molar-refractivity contribution in [3.63, 3.8) is 0 Å². The number of allylic oxidation sites excluding steroid dienone is 3. The summed E-state index contributed by atoms with van der Waals surface area (Å²) in [5.74, 6) is 0. The first-order valence-electron chi connectivity index (χ1n) is 8.53. The summed E-state index contributed by atoms with van der Waals surface area (Å²) in [5, 5.41) is 0. The molecule has 0 aromatic carbocycles. The van der Waals surface area contributed by atoms with Gasteiger partial charge in [-0.2, -0.15) is 0 Å². The molecule has 0 fully saturated rings. The van der Waals surface area contributed by atoms with Crippen LogP contribution in [0.5, 0.6) is 0 Å². The lowest BCUT2D eigenvalue weighted by molar-refractivity contribution is 0.355. The minimum atomic E-state index is 1.11. The number of nitrogens with zero attached hydrogens (tertiary/aromatic N) is 1. The number of rotatable bonds is 11. The molecule has 0 saturated carbocycles. The standard InChI is InChI=1S/C18H35N.C2H4/c1-6-7-8-9-10-15-19(5)16-14-18(4)13-11-12-17(2)3;1-2/h12,14H,6-11,13,15-16H2,1-5H3;1-2H2/b18-14+;. The second kappa shape index (κ2) is 17.2. The molecule has 0 rings (SSSR count). The molecule has 0 heterocycles. The van der Waals surface area contributed by atoms with Gasteiger partial charge in [-0.15, -0.1) is 13.2 Å². The Hall–Kier alpha value is -0.820. The quantitative estimate of drug-likeness (QED) is 0.315. The second-order valence-electron chi connectivity index (χ2n) is 6.05. The fourth-order valence-electron chi connectivity index (χ4n) is 2.08. The zero-order valence-electron chi connectivity index (χ0n) is 15.4. The van der Waals surface area contributed by atoms with Crippen molar-refractivity contribution < 1.29 is 0 Å². The molecule has 0 aliphatic carbocycles. The first kappa shape index (κ1) is 22.5. The highest BCUT2D eigenvalue weighted by molar-refractivity contribution is 5.02. The highest BCUT2D eigenvalue weighted by Crippen LogP contribution is 2.07. The summed E-state index contributed by atoms with van der Waals surface area (Å²) in [5.41, 5.74) is 2.95. The lowest BCUT2D eigenvalue weighted by Crippen LogP contribution is -2.19. The molecule has 1 nitrogen and oxygen atoms in total. The zero-order chi connectivity index (χ0) is 16.5. The van der Waals surface area contributed by atoms with Crippen LogP contribution in [0.1, 0.15) is 72.6 Å². The van der Waals surface area contributed by atoms with Crippen molar-refractivity contribution in [2.75, 3.05) is 20.1 Å². The molecule has 0 spiro atoms. The predicted molar refractivity (Wildman–Crippen MR) is 99.9 cm³/mol. The van der Waals surface area contributed by atoms with Gasteiger partial charge in [-0.25, -0.2) is 0 Å². The molecule has 0 aromatic rings. The average Bonchev–Trinajstić information content (AvgIpc) is 2.46. The smallest absolute Gasteiger partial charge is 0.0162 e. The molecular formula is C20H39N. The van der Waals surface area contributed by atoms with E-state index < -0.39 is 0 Å². The second-order valence-corrected chi connectivity index (χ2v) is 6.05. The van der Waals surface area contributed by atoms with Gasteiger partial charge in [0, 0.05) is 6.54 Å². The highest BCUT2D eigenvalue weighted by atomic mass is 15.1. The van der Waals surface area contributed by atoms with Crippen LogP contribution >= 0.6 is 0 Å². The summed E-state index contributed by atoms with van der Waals surface area (Å²) in [6, 6.07) is 0. The monoisotopic (exact) mass is 293 g/mol. The van der Waals surface area contributed by atoms with Crippen LogP contribution in [0, 0.1) is 0 Å². The zero-order valence-corrected chi connectivity index (χ0v) is 15.4. The summed E-state index contributed by atoms with van der Waals surface area (Å²) < 4.78 is 0. The van der Waals surface area contributed by atoms with Crippen molar-refractivity contribution in [1.29, 1.82) is 0 Å².